The molecule has 0 fully saturated rings. The van der Waals surface area contributed by atoms with Gasteiger partial charge in [0.15, 0.2) is 5.58 Å². The van der Waals surface area contributed by atoms with Gasteiger partial charge in [-0.2, -0.15) is 0 Å². The second kappa shape index (κ2) is 4.10. The molecule has 0 amide bonds. The maximum atomic E-state index is 13.8. The van der Waals surface area contributed by atoms with E-state index in [9.17, 15) is 8.78 Å². The average Bonchev–Trinajstić information content (AvgIpc) is 2.69. The lowest BCUT2D eigenvalue weighted by Gasteiger charge is -2.03. The van der Waals surface area contributed by atoms with E-state index in [1.807, 2.05) is 0 Å². The van der Waals surface area contributed by atoms with Gasteiger partial charge in [-0.15, -0.1) is 0 Å². The molecule has 0 N–H and O–H groups in total. The summed E-state index contributed by atoms with van der Waals surface area (Å²) in [5.74, 6) is -1.25. The van der Waals surface area contributed by atoms with E-state index < -0.39 is 11.6 Å². The summed E-state index contributed by atoms with van der Waals surface area (Å²) < 4.78 is 31.9. The van der Waals surface area contributed by atoms with Crippen molar-refractivity contribution in [3.8, 4) is 11.1 Å². The van der Waals surface area contributed by atoms with E-state index >= 15 is 0 Å². The topological polar surface area (TPSA) is 26.0 Å². The van der Waals surface area contributed by atoms with E-state index in [1.165, 1.54) is 12.1 Å². The van der Waals surface area contributed by atoms with Crippen LogP contribution in [0.15, 0.2) is 46.0 Å². The molecule has 90 valence electrons. The molecule has 2 aromatic carbocycles. The first-order valence-electron chi connectivity index (χ1n) is 5.19. The van der Waals surface area contributed by atoms with Crippen LogP contribution in [0.5, 0.6) is 0 Å². The van der Waals surface area contributed by atoms with Gasteiger partial charge in [0.2, 0.25) is 0 Å². The number of benzene rings is 2. The first kappa shape index (κ1) is 11.2. The van der Waals surface area contributed by atoms with Gasteiger partial charge >= 0.3 is 0 Å². The molecule has 18 heavy (non-hydrogen) atoms. The lowest BCUT2D eigenvalue weighted by Crippen LogP contribution is -1.87. The fourth-order valence-corrected chi connectivity index (χ4v) is 2.06. The van der Waals surface area contributed by atoms with Crippen molar-refractivity contribution in [1.29, 1.82) is 0 Å². The van der Waals surface area contributed by atoms with Crippen molar-refractivity contribution < 1.29 is 13.2 Å². The number of hydrogen-bond donors (Lipinski definition) is 1. The zero-order valence-electron chi connectivity index (χ0n) is 9.02. The van der Waals surface area contributed by atoms with Crippen LogP contribution in [0, 0.1) is 11.6 Å². The summed E-state index contributed by atoms with van der Waals surface area (Å²) in [5.41, 5.74) is 1.85. The second-order valence-corrected chi connectivity index (χ2v) is 4.16. The van der Waals surface area contributed by atoms with Crippen LogP contribution in [0.3, 0.4) is 0 Å². The summed E-state index contributed by atoms with van der Waals surface area (Å²) in [7, 11) is 0. The first-order valence-corrected chi connectivity index (χ1v) is 5.64. The molecule has 0 unspecified atom stereocenters. The molecule has 3 aromatic rings. The lowest BCUT2D eigenvalue weighted by molar-refractivity contribution is 0.492. The number of rotatable bonds is 1. The summed E-state index contributed by atoms with van der Waals surface area (Å²) in [4.78, 5) is 4.09. The highest BCUT2D eigenvalue weighted by Crippen LogP contribution is 2.31. The van der Waals surface area contributed by atoms with Gasteiger partial charge in [0.1, 0.15) is 17.2 Å². The van der Waals surface area contributed by atoms with Crippen molar-refractivity contribution >= 4 is 23.7 Å². The van der Waals surface area contributed by atoms with E-state index in [0.29, 0.717) is 16.7 Å². The number of aromatic nitrogens is 1. The molecular weight excluding hydrogens is 256 g/mol. The molecule has 1 aromatic heterocycles. The van der Waals surface area contributed by atoms with Crippen LogP contribution in [-0.4, -0.2) is 4.98 Å². The Hall–Kier alpha value is -1.88. The molecule has 0 aliphatic rings. The van der Waals surface area contributed by atoms with Crippen molar-refractivity contribution in [2.75, 3.05) is 0 Å². The fraction of sp³-hybridized carbons (Fsp3) is 0. The minimum atomic E-state index is -0.633. The largest absolute Gasteiger partial charge is 0.432 e. The Bertz CT molecular complexity index is 739. The normalized spacial score (nSPS) is 11.1. The maximum Gasteiger partial charge on any atom is 0.253 e. The van der Waals surface area contributed by atoms with Crippen molar-refractivity contribution in [3.63, 3.8) is 0 Å². The maximum absolute atomic E-state index is 13.8. The molecule has 2 nitrogen and oxygen atoms in total. The van der Waals surface area contributed by atoms with Crippen LogP contribution in [0.4, 0.5) is 8.78 Å². The predicted octanol–water partition coefficient (Wildman–Crippen LogP) is 4.06. The molecule has 0 saturated carbocycles. The molecule has 0 atom stereocenters. The number of para-hydroxylation sites is 1. The number of thiol groups is 1. The molecule has 0 bridgehead atoms. The second-order valence-electron chi connectivity index (χ2n) is 3.77. The van der Waals surface area contributed by atoms with Crippen molar-refractivity contribution in [2.45, 2.75) is 5.22 Å². The zero-order valence-corrected chi connectivity index (χ0v) is 9.92. The third-order valence-electron chi connectivity index (χ3n) is 2.63. The summed E-state index contributed by atoms with van der Waals surface area (Å²) >= 11 is 4.01. The predicted molar refractivity (Wildman–Crippen MR) is 66.6 cm³/mol. The number of oxazole rings is 1. The molecular formula is C13H7F2NOS. The minimum Gasteiger partial charge on any atom is -0.432 e. The van der Waals surface area contributed by atoms with E-state index in [4.69, 9.17) is 4.42 Å². The molecule has 0 aliphatic carbocycles. The smallest absolute Gasteiger partial charge is 0.253 e. The third kappa shape index (κ3) is 1.76. The van der Waals surface area contributed by atoms with Crippen LogP contribution in [0.25, 0.3) is 22.2 Å². The lowest BCUT2D eigenvalue weighted by atomic mass is 10.0. The molecule has 0 saturated heterocycles. The summed E-state index contributed by atoms with van der Waals surface area (Å²) in [6, 6.07) is 8.57. The van der Waals surface area contributed by atoms with Gasteiger partial charge in [-0.25, -0.2) is 13.8 Å². The third-order valence-corrected chi connectivity index (χ3v) is 2.82. The molecule has 0 radical (unpaired) electrons. The zero-order chi connectivity index (χ0) is 12.7. The standard InChI is InChI=1S/C13H7F2NOS/c14-7-4-5-8(10(15)6-7)9-2-1-3-11-12(9)16-13(18)17-11/h1-6H,(H,16,18). The number of halogens is 2. The van der Waals surface area contributed by atoms with Crippen LogP contribution >= 0.6 is 12.6 Å². The van der Waals surface area contributed by atoms with Gasteiger partial charge in [-0.3, -0.25) is 0 Å². The highest BCUT2D eigenvalue weighted by Gasteiger charge is 2.13. The Labute approximate surface area is 107 Å². The Morgan fingerprint density at radius 1 is 1.06 bits per heavy atom. The van der Waals surface area contributed by atoms with Gasteiger partial charge in [-0.05, 0) is 18.2 Å². The van der Waals surface area contributed by atoms with Gasteiger partial charge in [-0.1, -0.05) is 24.8 Å². The summed E-state index contributed by atoms with van der Waals surface area (Å²) in [6.45, 7) is 0. The number of fused-ring (bicyclic) bond motifs is 1. The Balaban J connectivity index is 2.31. The van der Waals surface area contributed by atoms with Gasteiger partial charge < -0.3 is 4.42 Å². The quantitative estimate of drug-likeness (QED) is 0.670. The Morgan fingerprint density at radius 2 is 1.89 bits per heavy atom. The Morgan fingerprint density at radius 3 is 2.67 bits per heavy atom. The average molecular weight is 263 g/mol. The van der Waals surface area contributed by atoms with Crippen LogP contribution in [0.1, 0.15) is 0 Å². The Kier molecular flexibility index (Phi) is 2.56. The van der Waals surface area contributed by atoms with E-state index in [2.05, 4.69) is 17.6 Å². The number of nitrogens with zero attached hydrogens (tertiary/aromatic N) is 1. The van der Waals surface area contributed by atoms with E-state index in [0.717, 1.165) is 6.07 Å². The SMILES string of the molecule is Fc1ccc(-c2cccc3oc(S)nc23)c(F)c1. The highest BCUT2D eigenvalue weighted by atomic mass is 32.1. The van der Waals surface area contributed by atoms with Crippen molar-refractivity contribution in [1.82, 2.24) is 4.98 Å². The summed E-state index contributed by atoms with van der Waals surface area (Å²) in [6.07, 6.45) is 0. The molecule has 1 heterocycles. The number of hydrogen-bond acceptors (Lipinski definition) is 3. The van der Waals surface area contributed by atoms with E-state index in [1.54, 1.807) is 18.2 Å². The van der Waals surface area contributed by atoms with Gasteiger partial charge in [0, 0.05) is 17.2 Å². The van der Waals surface area contributed by atoms with Crippen molar-refractivity contribution in [2.24, 2.45) is 0 Å². The first-order chi connectivity index (χ1) is 8.65. The van der Waals surface area contributed by atoms with E-state index in [-0.39, 0.29) is 10.8 Å². The van der Waals surface area contributed by atoms with Gasteiger partial charge in [0.05, 0.1) is 0 Å². The summed E-state index contributed by atoms with van der Waals surface area (Å²) in [5, 5.41) is 0.208. The molecule has 0 aliphatic heterocycles. The highest BCUT2D eigenvalue weighted by molar-refractivity contribution is 7.80. The van der Waals surface area contributed by atoms with Crippen LogP contribution in [0.2, 0.25) is 0 Å². The molecule has 3 rings (SSSR count). The molecule has 0 spiro atoms. The van der Waals surface area contributed by atoms with Crippen LogP contribution in [-0.2, 0) is 0 Å². The van der Waals surface area contributed by atoms with Crippen molar-refractivity contribution in [3.05, 3.63) is 48.0 Å². The monoisotopic (exact) mass is 263 g/mol. The minimum absolute atomic E-state index is 0.208. The van der Waals surface area contributed by atoms with Crippen LogP contribution < -0.4 is 0 Å². The molecule has 5 heteroatoms. The van der Waals surface area contributed by atoms with Gasteiger partial charge in [0.25, 0.3) is 5.22 Å². The fourth-order valence-electron chi connectivity index (χ4n) is 1.86.